The standard InChI is InChI=1S/C18H26O2Si/c1-6-7-16(12-13-21(3,4)5)14-20-15-17-8-10-18(19-2)11-9-17/h6-11,16H,14-15H2,1-5H3/b7-6+/t16-/m0/s1. The van der Waals surface area contributed by atoms with E-state index in [4.69, 9.17) is 9.47 Å². The summed E-state index contributed by atoms with van der Waals surface area (Å²) in [5, 5.41) is 0. The molecule has 1 aromatic carbocycles. The fourth-order valence-corrected chi connectivity index (χ4v) is 2.33. The molecule has 0 bridgehead atoms. The van der Waals surface area contributed by atoms with Crippen molar-refractivity contribution in [1.82, 2.24) is 0 Å². The van der Waals surface area contributed by atoms with E-state index >= 15 is 0 Å². The van der Waals surface area contributed by atoms with Gasteiger partial charge in [0, 0.05) is 0 Å². The Labute approximate surface area is 130 Å². The fraction of sp³-hybridized carbons (Fsp3) is 0.444. The van der Waals surface area contributed by atoms with Crippen molar-refractivity contribution in [2.24, 2.45) is 5.92 Å². The van der Waals surface area contributed by atoms with Crippen LogP contribution in [0.15, 0.2) is 36.4 Å². The van der Waals surface area contributed by atoms with Crippen molar-refractivity contribution in [1.29, 1.82) is 0 Å². The van der Waals surface area contributed by atoms with E-state index in [-0.39, 0.29) is 5.92 Å². The van der Waals surface area contributed by atoms with Crippen molar-refractivity contribution in [2.45, 2.75) is 33.2 Å². The Morgan fingerprint density at radius 1 is 1.19 bits per heavy atom. The Kier molecular flexibility index (Phi) is 7.28. The van der Waals surface area contributed by atoms with Crippen LogP contribution in [0.1, 0.15) is 12.5 Å². The van der Waals surface area contributed by atoms with E-state index in [0.29, 0.717) is 13.2 Å². The first kappa shape index (κ1) is 17.5. The van der Waals surface area contributed by atoms with Crippen LogP contribution in [0.5, 0.6) is 5.75 Å². The zero-order valence-corrected chi connectivity index (χ0v) is 14.8. The third-order valence-electron chi connectivity index (χ3n) is 2.78. The second-order valence-corrected chi connectivity index (χ2v) is 10.8. The highest BCUT2D eigenvalue weighted by Gasteiger charge is 2.09. The van der Waals surface area contributed by atoms with Gasteiger partial charge in [0.1, 0.15) is 13.8 Å². The van der Waals surface area contributed by atoms with E-state index in [1.165, 1.54) is 0 Å². The summed E-state index contributed by atoms with van der Waals surface area (Å²) in [6, 6.07) is 7.95. The fourth-order valence-electron chi connectivity index (χ4n) is 1.71. The number of benzene rings is 1. The molecule has 0 amide bonds. The van der Waals surface area contributed by atoms with Crippen LogP contribution in [0, 0.1) is 17.4 Å². The molecule has 1 rings (SSSR count). The van der Waals surface area contributed by atoms with Crippen molar-refractivity contribution in [3.63, 3.8) is 0 Å². The van der Waals surface area contributed by atoms with Gasteiger partial charge in [-0.1, -0.05) is 43.9 Å². The molecule has 0 N–H and O–H groups in total. The summed E-state index contributed by atoms with van der Waals surface area (Å²) in [5.74, 6) is 4.39. The molecule has 0 heterocycles. The molecule has 0 radical (unpaired) electrons. The van der Waals surface area contributed by atoms with E-state index in [9.17, 15) is 0 Å². The van der Waals surface area contributed by atoms with Crippen molar-refractivity contribution in [3.8, 4) is 17.2 Å². The van der Waals surface area contributed by atoms with Crippen molar-refractivity contribution >= 4 is 8.07 Å². The number of ether oxygens (including phenoxy) is 2. The molecule has 1 aromatic rings. The van der Waals surface area contributed by atoms with Crippen LogP contribution in [0.4, 0.5) is 0 Å². The lowest BCUT2D eigenvalue weighted by Gasteiger charge is -2.10. The van der Waals surface area contributed by atoms with Gasteiger partial charge in [-0.05, 0) is 24.6 Å². The van der Waals surface area contributed by atoms with Crippen LogP contribution in [-0.4, -0.2) is 21.8 Å². The van der Waals surface area contributed by atoms with Gasteiger partial charge in [0.25, 0.3) is 0 Å². The van der Waals surface area contributed by atoms with E-state index in [1.807, 2.05) is 37.3 Å². The number of hydrogen-bond donors (Lipinski definition) is 0. The number of rotatable bonds is 6. The van der Waals surface area contributed by atoms with E-state index in [2.05, 4.69) is 37.2 Å². The highest BCUT2D eigenvalue weighted by atomic mass is 28.3. The van der Waals surface area contributed by atoms with Crippen LogP contribution >= 0.6 is 0 Å². The highest BCUT2D eigenvalue weighted by molar-refractivity contribution is 6.83. The summed E-state index contributed by atoms with van der Waals surface area (Å²) in [7, 11) is 0.344. The Hall–Kier alpha value is -1.50. The molecule has 114 valence electrons. The van der Waals surface area contributed by atoms with Crippen LogP contribution < -0.4 is 4.74 Å². The van der Waals surface area contributed by atoms with Gasteiger partial charge in [0.2, 0.25) is 0 Å². The number of hydrogen-bond acceptors (Lipinski definition) is 2. The number of allylic oxidation sites excluding steroid dienone is 1. The molecule has 0 aromatic heterocycles. The second-order valence-electron chi connectivity index (χ2n) is 6.01. The van der Waals surface area contributed by atoms with Gasteiger partial charge in [-0.15, -0.1) is 11.5 Å². The Morgan fingerprint density at radius 2 is 1.86 bits per heavy atom. The first-order valence-corrected chi connectivity index (χ1v) is 10.8. The van der Waals surface area contributed by atoms with Gasteiger partial charge < -0.3 is 9.47 Å². The van der Waals surface area contributed by atoms with Gasteiger partial charge >= 0.3 is 0 Å². The molecule has 2 nitrogen and oxygen atoms in total. The topological polar surface area (TPSA) is 18.5 Å². The summed E-state index contributed by atoms with van der Waals surface area (Å²) in [6.07, 6.45) is 4.15. The first-order valence-electron chi connectivity index (χ1n) is 7.31. The van der Waals surface area contributed by atoms with Crippen LogP contribution in [-0.2, 0) is 11.3 Å². The molecule has 21 heavy (non-hydrogen) atoms. The van der Waals surface area contributed by atoms with Crippen LogP contribution in [0.2, 0.25) is 19.6 Å². The normalized spacial score (nSPS) is 12.8. The van der Waals surface area contributed by atoms with E-state index < -0.39 is 8.07 Å². The Morgan fingerprint density at radius 3 is 2.38 bits per heavy atom. The maximum absolute atomic E-state index is 5.79. The summed E-state index contributed by atoms with van der Waals surface area (Å²) in [4.78, 5) is 0. The first-order chi connectivity index (χ1) is 9.94. The molecule has 0 aliphatic carbocycles. The van der Waals surface area contributed by atoms with Crippen molar-refractivity contribution < 1.29 is 9.47 Å². The summed E-state index contributed by atoms with van der Waals surface area (Å²) in [6.45, 7) is 10.0. The average molecular weight is 302 g/mol. The third kappa shape index (κ3) is 7.74. The lowest BCUT2D eigenvalue weighted by atomic mass is 10.1. The van der Waals surface area contributed by atoms with Gasteiger partial charge in [-0.25, -0.2) is 0 Å². The van der Waals surface area contributed by atoms with Gasteiger partial charge in [0.05, 0.1) is 26.2 Å². The molecule has 3 heteroatoms. The lowest BCUT2D eigenvalue weighted by Crippen LogP contribution is -2.17. The molecule has 1 atom stereocenters. The summed E-state index contributed by atoms with van der Waals surface area (Å²) >= 11 is 0. The van der Waals surface area contributed by atoms with Crippen molar-refractivity contribution in [2.75, 3.05) is 13.7 Å². The summed E-state index contributed by atoms with van der Waals surface area (Å²) in [5.41, 5.74) is 4.56. The quantitative estimate of drug-likeness (QED) is 0.443. The molecular weight excluding hydrogens is 276 g/mol. The van der Waals surface area contributed by atoms with E-state index in [0.717, 1.165) is 11.3 Å². The third-order valence-corrected chi connectivity index (χ3v) is 3.68. The predicted molar refractivity (Wildman–Crippen MR) is 92.1 cm³/mol. The maximum Gasteiger partial charge on any atom is 0.129 e. The monoisotopic (exact) mass is 302 g/mol. The Bertz CT molecular complexity index is 501. The molecule has 0 fully saturated rings. The van der Waals surface area contributed by atoms with Crippen LogP contribution in [0.25, 0.3) is 0 Å². The van der Waals surface area contributed by atoms with E-state index in [1.54, 1.807) is 7.11 Å². The minimum absolute atomic E-state index is 0.181. The number of methoxy groups -OCH3 is 1. The molecule has 0 saturated carbocycles. The SMILES string of the molecule is C/C=C/[C@@H](C#C[Si](C)(C)C)COCc1ccc(OC)cc1. The largest absolute Gasteiger partial charge is 0.497 e. The van der Waals surface area contributed by atoms with Gasteiger partial charge in [0.15, 0.2) is 0 Å². The minimum Gasteiger partial charge on any atom is -0.497 e. The molecule has 0 aliphatic rings. The van der Waals surface area contributed by atoms with Gasteiger partial charge in [-0.3, -0.25) is 0 Å². The van der Waals surface area contributed by atoms with Crippen LogP contribution in [0.3, 0.4) is 0 Å². The highest BCUT2D eigenvalue weighted by Crippen LogP contribution is 2.12. The molecule has 0 saturated heterocycles. The molecule has 0 unspecified atom stereocenters. The average Bonchev–Trinajstić information content (AvgIpc) is 2.44. The Balaban J connectivity index is 2.51. The predicted octanol–water partition coefficient (Wildman–Crippen LogP) is 4.28. The lowest BCUT2D eigenvalue weighted by molar-refractivity contribution is 0.111. The minimum atomic E-state index is -1.33. The molecular formula is C18H26O2Si. The van der Waals surface area contributed by atoms with Gasteiger partial charge in [-0.2, -0.15) is 0 Å². The zero-order valence-electron chi connectivity index (χ0n) is 13.8. The zero-order chi connectivity index (χ0) is 15.7. The van der Waals surface area contributed by atoms with Crippen molar-refractivity contribution in [3.05, 3.63) is 42.0 Å². The summed E-state index contributed by atoms with van der Waals surface area (Å²) < 4.78 is 10.9. The molecule has 0 aliphatic heterocycles. The maximum atomic E-state index is 5.79. The smallest absolute Gasteiger partial charge is 0.129 e. The molecule has 0 spiro atoms. The second kappa shape index (κ2) is 8.71.